The van der Waals surface area contributed by atoms with Crippen LogP contribution in [-0.4, -0.2) is 42.9 Å². The molecule has 0 radical (unpaired) electrons. The van der Waals surface area contributed by atoms with Gasteiger partial charge in [0.05, 0.1) is 12.7 Å². The summed E-state index contributed by atoms with van der Waals surface area (Å²) in [5.74, 6) is 3.12. The lowest BCUT2D eigenvalue weighted by Gasteiger charge is -2.26. The van der Waals surface area contributed by atoms with E-state index < -0.39 is 6.10 Å². The van der Waals surface area contributed by atoms with E-state index in [1.165, 1.54) is 16.7 Å². The number of epoxide rings is 1. The molecule has 2 atom stereocenters. The molecule has 1 N–H and O–H groups in total. The molecule has 4 rings (SSSR count). The summed E-state index contributed by atoms with van der Waals surface area (Å²) in [5, 5.41) is 10.3. The molecule has 1 heterocycles. The molecular weight excluding hydrogens is 456 g/mol. The van der Waals surface area contributed by atoms with Crippen molar-refractivity contribution in [2.75, 3.05) is 25.6 Å². The lowest BCUT2D eigenvalue weighted by atomic mass is 9.78. The van der Waals surface area contributed by atoms with Crippen molar-refractivity contribution in [3.8, 4) is 11.5 Å². The van der Waals surface area contributed by atoms with Crippen LogP contribution in [0.1, 0.15) is 36.1 Å². The fourth-order valence-corrected chi connectivity index (χ4v) is 4.67. The number of aliphatic hydroxyl groups is 1. The summed E-state index contributed by atoms with van der Waals surface area (Å²) in [6, 6.07) is 24.7. The lowest BCUT2D eigenvalue weighted by molar-refractivity contribution is 0.126. The maximum atomic E-state index is 10.3. The SMILES string of the molecule is C=Cc1ccc(CSCC(O)COc2ccc(C(C)(C)c3ccc(OCC4CO4)cc3)cc2)cc1. The normalized spacial score (nSPS) is 15.9. The summed E-state index contributed by atoms with van der Waals surface area (Å²) >= 11 is 1.70. The van der Waals surface area contributed by atoms with Crippen LogP contribution in [0.25, 0.3) is 6.08 Å². The summed E-state index contributed by atoms with van der Waals surface area (Å²) in [4.78, 5) is 0. The van der Waals surface area contributed by atoms with Crippen LogP contribution in [0, 0.1) is 0 Å². The largest absolute Gasteiger partial charge is 0.491 e. The van der Waals surface area contributed by atoms with E-state index in [9.17, 15) is 5.11 Å². The minimum Gasteiger partial charge on any atom is -0.491 e. The highest BCUT2D eigenvalue weighted by atomic mass is 32.2. The van der Waals surface area contributed by atoms with Gasteiger partial charge >= 0.3 is 0 Å². The monoisotopic (exact) mass is 490 g/mol. The topological polar surface area (TPSA) is 51.2 Å². The Labute approximate surface area is 212 Å². The van der Waals surface area contributed by atoms with Crippen molar-refractivity contribution < 1.29 is 19.3 Å². The molecule has 0 aliphatic carbocycles. The van der Waals surface area contributed by atoms with Crippen LogP contribution in [-0.2, 0) is 15.9 Å². The highest BCUT2D eigenvalue weighted by Crippen LogP contribution is 2.33. The third-order valence-corrected chi connectivity index (χ3v) is 7.38. The molecule has 1 saturated heterocycles. The number of rotatable bonds is 13. The van der Waals surface area contributed by atoms with Gasteiger partial charge < -0.3 is 19.3 Å². The Kier molecular flexibility index (Phi) is 8.55. The molecule has 1 fully saturated rings. The van der Waals surface area contributed by atoms with E-state index in [-0.39, 0.29) is 18.1 Å². The van der Waals surface area contributed by atoms with Crippen molar-refractivity contribution in [1.29, 1.82) is 0 Å². The Bertz CT molecular complexity index is 1070. The van der Waals surface area contributed by atoms with Crippen LogP contribution in [0.2, 0.25) is 0 Å². The highest BCUT2D eigenvalue weighted by molar-refractivity contribution is 7.98. The van der Waals surface area contributed by atoms with Gasteiger partial charge in [0.1, 0.15) is 30.8 Å². The molecule has 184 valence electrons. The third kappa shape index (κ3) is 7.38. The Morgan fingerprint density at radius 1 is 0.971 bits per heavy atom. The second-order valence-electron chi connectivity index (χ2n) is 9.37. The summed E-state index contributed by atoms with van der Waals surface area (Å²) < 4.78 is 16.8. The average molecular weight is 491 g/mol. The van der Waals surface area contributed by atoms with Crippen LogP contribution in [0.4, 0.5) is 0 Å². The molecule has 1 aliphatic rings. The zero-order valence-corrected chi connectivity index (χ0v) is 21.3. The number of hydrogen-bond donors (Lipinski definition) is 1. The van der Waals surface area contributed by atoms with Crippen LogP contribution >= 0.6 is 11.8 Å². The van der Waals surface area contributed by atoms with Crippen molar-refractivity contribution in [3.63, 3.8) is 0 Å². The number of aliphatic hydroxyl groups excluding tert-OH is 1. The van der Waals surface area contributed by atoms with E-state index in [0.29, 0.717) is 12.4 Å². The first kappa shape index (κ1) is 25.4. The second-order valence-corrected chi connectivity index (χ2v) is 10.4. The van der Waals surface area contributed by atoms with Gasteiger partial charge in [-0.05, 0) is 46.5 Å². The van der Waals surface area contributed by atoms with Crippen LogP contribution in [0.15, 0.2) is 79.4 Å². The number of hydrogen-bond acceptors (Lipinski definition) is 5. The Morgan fingerprint density at radius 3 is 2.09 bits per heavy atom. The Balaban J connectivity index is 1.23. The summed E-state index contributed by atoms with van der Waals surface area (Å²) in [5.41, 5.74) is 4.61. The molecule has 2 unspecified atom stereocenters. The summed E-state index contributed by atoms with van der Waals surface area (Å²) in [7, 11) is 0. The van der Waals surface area contributed by atoms with E-state index in [4.69, 9.17) is 14.2 Å². The van der Waals surface area contributed by atoms with Gasteiger partial charge in [-0.3, -0.25) is 0 Å². The third-order valence-electron chi connectivity index (χ3n) is 6.23. The Morgan fingerprint density at radius 2 is 1.54 bits per heavy atom. The number of thioether (sulfide) groups is 1. The molecule has 1 aliphatic heterocycles. The molecule has 0 spiro atoms. The maximum absolute atomic E-state index is 10.3. The van der Waals surface area contributed by atoms with E-state index in [1.807, 2.05) is 30.3 Å². The fourth-order valence-electron chi connectivity index (χ4n) is 3.76. The first-order valence-electron chi connectivity index (χ1n) is 12.0. The molecule has 4 nitrogen and oxygen atoms in total. The fraction of sp³-hybridized carbons (Fsp3) is 0.333. The predicted molar refractivity (Wildman–Crippen MR) is 144 cm³/mol. The molecule has 5 heteroatoms. The molecular formula is C30H34O4S. The van der Waals surface area contributed by atoms with Crippen LogP contribution in [0.5, 0.6) is 11.5 Å². The molecule has 3 aromatic rings. The van der Waals surface area contributed by atoms with Gasteiger partial charge in [-0.1, -0.05) is 75.0 Å². The molecule has 0 bridgehead atoms. The van der Waals surface area contributed by atoms with Gasteiger partial charge in [0, 0.05) is 16.9 Å². The molecule has 35 heavy (non-hydrogen) atoms. The smallest absolute Gasteiger partial charge is 0.119 e. The van der Waals surface area contributed by atoms with Gasteiger partial charge in [-0.25, -0.2) is 0 Å². The highest BCUT2D eigenvalue weighted by Gasteiger charge is 2.25. The van der Waals surface area contributed by atoms with Crippen LogP contribution in [0.3, 0.4) is 0 Å². The minimum atomic E-state index is -0.518. The first-order chi connectivity index (χ1) is 16.9. The number of benzene rings is 3. The summed E-state index contributed by atoms with van der Waals surface area (Å²) in [6.07, 6.45) is 1.58. The van der Waals surface area contributed by atoms with Gasteiger partial charge in [0.2, 0.25) is 0 Å². The summed E-state index contributed by atoms with van der Waals surface area (Å²) in [6.45, 7) is 9.89. The van der Waals surface area contributed by atoms with E-state index >= 15 is 0 Å². The minimum absolute atomic E-state index is 0.156. The predicted octanol–water partition coefficient (Wildman–Crippen LogP) is 6.11. The van der Waals surface area contributed by atoms with E-state index in [0.717, 1.165) is 29.4 Å². The van der Waals surface area contributed by atoms with Crippen molar-refractivity contribution in [3.05, 3.63) is 102 Å². The van der Waals surface area contributed by atoms with E-state index in [1.54, 1.807) is 11.8 Å². The van der Waals surface area contributed by atoms with Crippen molar-refractivity contribution in [2.24, 2.45) is 0 Å². The zero-order valence-electron chi connectivity index (χ0n) is 20.5. The van der Waals surface area contributed by atoms with Gasteiger partial charge in [0.15, 0.2) is 0 Å². The average Bonchev–Trinajstić information content (AvgIpc) is 3.72. The van der Waals surface area contributed by atoms with E-state index in [2.05, 4.69) is 69.0 Å². The Hall–Kier alpha value is -2.73. The second kappa shape index (κ2) is 11.8. The van der Waals surface area contributed by atoms with Crippen molar-refractivity contribution >= 4 is 17.8 Å². The van der Waals surface area contributed by atoms with Crippen molar-refractivity contribution in [2.45, 2.75) is 37.2 Å². The molecule has 0 saturated carbocycles. The molecule has 3 aromatic carbocycles. The standard InChI is InChI=1S/C30H34O4S/c1-4-22-5-7-23(8-6-22)20-35-21-26(31)17-32-27-13-9-24(10-14-27)30(2,3)25-11-15-28(16-12-25)33-18-29-19-34-29/h4-16,26,29,31H,1,17-21H2,2-3H3. The van der Waals surface area contributed by atoms with Gasteiger partial charge in [-0.2, -0.15) is 11.8 Å². The quantitative estimate of drug-likeness (QED) is 0.293. The first-order valence-corrected chi connectivity index (χ1v) is 13.1. The van der Waals surface area contributed by atoms with Gasteiger partial charge in [-0.15, -0.1) is 0 Å². The number of ether oxygens (including phenoxy) is 3. The molecule has 0 amide bonds. The van der Waals surface area contributed by atoms with Crippen molar-refractivity contribution in [1.82, 2.24) is 0 Å². The molecule has 0 aromatic heterocycles. The maximum Gasteiger partial charge on any atom is 0.119 e. The van der Waals surface area contributed by atoms with Crippen LogP contribution < -0.4 is 9.47 Å². The lowest BCUT2D eigenvalue weighted by Crippen LogP contribution is -2.21. The zero-order chi connectivity index (χ0) is 24.7. The van der Waals surface area contributed by atoms with Gasteiger partial charge in [0.25, 0.3) is 0 Å².